The minimum atomic E-state index is -4.40. The van der Waals surface area contributed by atoms with Crippen LogP contribution in [0.2, 0.25) is 0 Å². The van der Waals surface area contributed by atoms with Gasteiger partial charge in [-0.3, -0.25) is 14.1 Å². The first-order valence-electron chi connectivity index (χ1n) is 10.2. The zero-order valence-electron chi connectivity index (χ0n) is 17.2. The number of rotatable bonds is 5. The van der Waals surface area contributed by atoms with E-state index in [9.17, 15) is 27.9 Å². The van der Waals surface area contributed by atoms with Crippen LogP contribution in [0.5, 0.6) is 11.5 Å². The van der Waals surface area contributed by atoms with Crippen LogP contribution in [0.25, 0.3) is 0 Å². The van der Waals surface area contributed by atoms with Gasteiger partial charge in [-0.25, -0.2) is 4.79 Å². The predicted octanol–water partition coefficient (Wildman–Crippen LogP) is 2.18. The van der Waals surface area contributed by atoms with Gasteiger partial charge in [-0.15, -0.1) is 0 Å². The number of carbonyl (C=O) groups excluding carboxylic acids is 3. The summed E-state index contributed by atoms with van der Waals surface area (Å²) in [6, 6.07) is 9.22. The minimum absolute atomic E-state index is 0.0282. The Morgan fingerprint density at radius 2 is 1.79 bits per heavy atom. The van der Waals surface area contributed by atoms with Crippen LogP contribution in [-0.2, 0) is 29.2 Å². The Labute approximate surface area is 207 Å². The normalized spacial score (nSPS) is 29.1. The van der Waals surface area contributed by atoms with Crippen LogP contribution >= 0.6 is 22.6 Å². The maximum absolute atomic E-state index is 13.0. The third-order valence-electron chi connectivity index (χ3n) is 6.61. The minimum Gasteiger partial charge on any atom is -0.506 e. The Morgan fingerprint density at radius 1 is 1.09 bits per heavy atom. The van der Waals surface area contributed by atoms with Gasteiger partial charge in [0.15, 0.2) is 0 Å². The van der Waals surface area contributed by atoms with Gasteiger partial charge in [0.2, 0.25) is 0 Å². The Balaban J connectivity index is 1.36. The molecule has 0 radical (unpaired) electrons. The molecule has 3 aliphatic rings. The van der Waals surface area contributed by atoms with Crippen molar-refractivity contribution in [2.75, 3.05) is 0 Å². The lowest BCUT2D eigenvalue weighted by Gasteiger charge is -2.30. The first-order valence-corrected chi connectivity index (χ1v) is 12.8. The molecule has 0 amide bonds. The zero-order valence-corrected chi connectivity index (χ0v) is 20.1. The van der Waals surface area contributed by atoms with E-state index in [1.54, 1.807) is 12.1 Å². The summed E-state index contributed by atoms with van der Waals surface area (Å²) in [4.78, 5) is 38.0. The fourth-order valence-electron chi connectivity index (χ4n) is 5.20. The van der Waals surface area contributed by atoms with Gasteiger partial charge in [-0.1, -0.05) is 6.07 Å². The third-order valence-corrected chi connectivity index (χ3v) is 8.35. The second-order valence-electron chi connectivity index (χ2n) is 8.39. The summed E-state index contributed by atoms with van der Waals surface area (Å²) in [5.41, 5.74) is -0.0337. The number of phenolic OH excluding ortho intramolecular Hbond substituents is 1. The quantitative estimate of drug-likeness (QED) is 0.226. The van der Waals surface area contributed by atoms with Crippen LogP contribution in [-0.4, -0.2) is 48.2 Å². The van der Waals surface area contributed by atoms with E-state index < -0.39 is 58.0 Å². The molecule has 10 nitrogen and oxygen atoms in total. The molecule has 2 N–H and O–H groups in total. The van der Waals surface area contributed by atoms with Crippen molar-refractivity contribution >= 4 is 50.6 Å². The van der Waals surface area contributed by atoms with Crippen molar-refractivity contribution in [3.8, 4) is 11.5 Å². The van der Waals surface area contributed by atoms with Crippen LogP contribution in [0.15, 0.2) is 47.4 Å². The van der Waals surface area contributed by atoms with E-state index in [0.29, 0.717) is 9.99 Å². The number of aromatic hydroxyl groups is 1. The standard InChI is InChI=1S/C22H17IO10S/c23-14-3-1-2-11(17(14)24)20(25)32-18-12-8-13-16(22(27)33-19(13)18)15(12)21(26)31-9-4-6-10(7-5-9)34(28,29)30/h1-7,12-13,15-16,18-19,24H,8H2,(H,28,29,30). The first kappa shape index (κ1) is 23.1. The molecule has 178 valence electrons. The average molecular weight is 600 g/mol. The van der Waals surface area contributed by atoms with E-state index >= 15 is 0 Å². The lowest BCUT2D eigenvalue weighted by Crippen LogP contribution is -2.44. The van der Waals surface area contributed by atoms with Crippen LogP contribution in [0.3, 0.4) is 0 Å². The van der Waals surface area contributed by atoms with Crippen LogP contribution in [0, 0.1) is 27.2 Å². The molecule has 6 unspecified atom stereocenters. The summed E-state index contributed by atoms with van der Waals surface area (Å²) in [7, 11) is -4.40. The molecule has 12 heteroatoms. The van der Waals surface area contributed by atoms with Gasteiger partial charge in [-0.05, 0) is 65.4 Å². The number of fused-ring (bicyclic) bond motifs is 1. The summed E-state index contributed by atoms with van der Waals surface area (Å²) < 4.78 is 48.4. The third kappa shape index (κ3) is 3.73. The number of hydrogen-bond acceptors (Lipinski definition) is 9. The molecule has 2 aromatic rings. The summed E-state index contributed by atoms with van der Waals surface area (Å²) >= 11 is 1.88. The van der Waals surface area contributed by atoms with E-state index in [2.05, 4.69) is 0 Å². The van der Waals surface area contributed by atoms with Crippen molar-refractivity contribution in [2.24, 2.45) is 23.7 Å². The van der Waals surface area contributed by atoms with E-state index in [1.165, 1.54) is 18.2 Å². The fraction of sp³-hybridized carbons (Fsp3) is 0.318. The van der Waals surface area contributed by atoms with Gasteiger partial charge in [0.05, 0.1) is 20.3 Å². The van der Waals surface area contributed by atoms with Gasteiger partial charge in [0.25, 0.3) is 10.1 Å². The largest absolute Gasteiger partial charge is 0.506 e. The maximum atomic E-state index is 13.0. The Morgan fingerprint density at radius 3 is 2.47 bits per heavy atom. The number of hydrogen-bond donors (Lipinski definition) is 2. The number of esters is 3. The van der Waals surface area contributed by atoms with Gasteiger partial charge in [0, 0.05) is 11.8 Å². The first-order chi connectivity index (χ1) is 16.1. The number of ether oxygens (including phenoxy) is 3. The zero-order chi connectivity index (χ0) is 24.4. The Kier molecular flexibility index (Phi) is 5.56. The number of benzene rings is 2. The molecule has 1 aliphatic heterocycles. The smallest absolute Gasteiger partial charge is 0.342 e. The molecule has 2 saturated carbocycles. The highest BCUT2D eigenvalue weighted by Gasteiger charge is 2.70. The molecule has 3 fully saturated rings. The van der Waals surface area contributed by atoms with Crippen molar-refractivity contribution in [3.63, 3.8) is 0 Å². The molecule has 0 spiro atoms. The number of para-hydroxylation sites is 1. The summed E-state index contributed by atoms with van der Waals surface area (Å²) in [5.74, 6) is -4.74. The van der Waals surface area contributed by atoms with Crippen LogP contribution in [0.1, 0.15) is 16.8 Å². The Hall–Kier alpha value is -2.71. The second-order valence-corrected chi connectivity index (χ2v) is 11.0. The molecule has 6 atom stereocenters. The lowest BCUT2D eigenvalue weighted by atomic mass is 9.78. The molecule has 5 rings (SSSR count). The van der Waals surface area contributed by atoms with Crippen molar-refractivity contribution in [2.45, 2.75) is 23.5 Å². The SMILES string of the molecule is O=C(OC1C2CC3C1OC(=O)C3C2C(=O)Oc1ccc(S(=O)(=O)O)cc1)c1cccc(I)c1O. The summed E-state index contributed by atoms with van der Waals surface area (Å²) in [5, 5.41) is 10.2. The highest BCUT2D eigenvalue weighted by atomic mass is 127. The number of carbonyl (C=O) groups is 3. The van der Waals surface area contributed by atoms with Gasteiger partial charge in [-0.2, -0.15) is 8.42 Å². The van der Waals surface area contributed by atoms with E-state index in [4.69, 9.17) is 18.8 Å². The molecule has 1 heterocycles. The molecule has 2 aliphatic carbocycles. The topological polar surface area (TPSA) is 153 Å². The molecule has 34 heavy (non-hydrogen) atoms. The summed E-state index contributed by atoms with van der Waals surface area (Å²) in [6.07, 6.45) is -1.12. The Bertz CT molecular complexity index is 1310. The monoisotopic (exact) mass is 600 g/mol. The molecule has 1 saturated heterocycles. The van der Waals surface area contributed by atoms with E-state index in [-0.39, 0.29) is 27.9 Å². The fourth-order valence-corrected chi connectivity index (χ4v) is 6.18. The average Bonchev–Trinajstić information content (AvgIpc) is 3.39. The number of halogens is 1. The van der Waals surface area contributed by atoms with Gasteiger partial charge >= 0.3 is 17.9 Å². The maximum Gasteiger partial charge on any atom is 0.342 e. The highest BCUT2D eigenvalue weighted by Crippen LogP contribution is 2.59. The molecule has 2 bridgehead atoms. The van der Waals surface area contributed by atoms with E-state index in [0.717, 1.165) is 12.1 Å². The predicted molar refractivity (Wildman–Crippen MR) is 120 cm³/mol. The van der Waals surface area contributed by atoms with Crippen molar-refractivity contribution in [1.29, 1.82) is 0 Å². The van der Waals surface area contributed by atoms with Gasteiger partial charge in [0.1, 0.15) is 29.3 Å². The van der Waals surface area contributed by atoms with E-state index in [1.807, 2.05) is 22.6 Å². The lowest BCUT2D eigenvalue weighted by molar-refractivity contribution is -0.149. The molecule has 2 aromatic carbocycles. The van der Waals surface area contributed by atoms with Crippen molar-refractivity contribution in [1.82, 2.24) is 0 Å². The number of phenols is 1. The van der Waals surface area contributed by atoms with Crippen molar-refractivity contribution < 1.29 is 46.7 Å². The molecule has 0 aromatic heterocycles. The van der Waals surface area contributed by atoms with Crippen LogP contribution < -0.4 is 4.74 Å². The van der Waals surface area contributed by atoms with Gasteiger partial charge < -0.3 is 19.3 Å². The second kappa shape index (κ2) is 8.20. The molecular weight excluding hydrogens is 583 g/mol. The van der Waals surface area contributed by atoms with Crippen LogP contribution in [0.4, 0.5) is 0 Å². The molecular formula is C22H17IO10S. The van der Waals surface area contributed by atoms with Crippen molar-refractivity contribution in [3.05, 3.63) is 51.6 Å². The summed E-state index contributed by atoms with van der Waals surface area (Å²) in [6.45, 7) is 0. The highest BCUT2D eigenvalue weighted by molar-refractivity contribution is 14.1.